The Morgan fingerprint density at radius 1 is 1.22 bits per heavy atom. The van der Waals surface area contributed by atoms with Crippen LogP contribution in [-0.4, -0.2) is 42.3 Å². The fourth-order valence-corrected chi connectivity index (χ4v) is 4.76. The summed E-state index contributed by atoms with van der Waals surface area (Å²) in [5, 5.41) is 4.39. The van der Waals surface area contributed by atoms with Crippen molar-refractivity contribution >= 4 is 23.0 Å². The Bertz CT molecular complexity index is 620. The molecule has 152 valence electrons. The molecule has 1 aromatic carbocycles. The predicted molar refractivity (Wildman–Crippen MR) is 116 cm³/mol. The van der Waals surface area contributed by atoms with Crippen LogP contribution in [0.2, 0.25) is 5.02 Å². The summed E-state index contributed by atoms with van der Waals surface area (Å²) in [6, 6.07) is 4.41. The molecule has 1 aromatic rings. The van der Waals surface area contributed by atoms with E-state index in [1.807, 2.05) is 13.0 Å². The van der Waals surface area contributed by atoms with Crippen LogP contribution in [0.5, 0.6) is 0 Å². The largest absolute Gasteiger partial charge is 0.397 e. The molecular weight excluding hydrogens is 358 g/mol. The van der Waals surface area contributed by atoms with Gasteiger partial charge in [-0.15, -0.1) is 0 Å². The van der Waals surface area contributed by atoms with Crippen molar-refractivity contribution < 1.29 is 4.74 Å². The Balaban J connectivity index is 1.50. The molecule has 3 rings (SSSR count). The minimum absolute atomic E-state index is 0.340. The number of nitrogens with one attached hydrogen (secondary N) is 1. The molecule has 2 aliphatic rings. The first kappa shape index (κ1) is 20.8. The maximum Gasteiger partial charge on any atom is 0.0579 e. The summed E-state index contributed by atoms with van der Waals surface area (Å²) < 4.78 is 5.98. The Kier molecular flexibility index (Phi) is 6.93. The van der Waals surface area contributed by atoms with Gasteiger partial charge in [0.05, 0.1) is 17.5 Å². The third kappa shape index (κ3) is 5.10. The molecule has 0 aromatic heterocycles. The van der Waals surface area contributed by atoms with E-state index in [-0.39, 0.29) is 0 Å². The number of hydrogen-bond donors (Lipinski definition) is 2. The molecule has 3 N–H and O–H groups in total. The second-order valence-electron chi connectivity index (χ2n) is 8.66. The van der Waals surface area contributed by atoms with Crippen LogP contribution in [0.3, 0.4) is 0 Å². The van der Waals surface area contributed by atoms with Crippen LogP contribution in [0, 0.1) is 6.92 Å². The van der Waals surface area contributed by atoms with Gasteiger partial charge in [0, 0.05) is 36.3 Å². The summed E-state index contributed by atoms with van der Waals surface area (Å²) in [7, 11) is 0. The highest BCUT2D eigenvalue weighted by Crippen LogP contribution is 2.37. The number of hydrogen-bond acceptors (Lipinski definition) is 4. The zero-order valence-electron chi connectivity index (χ0n) is 17.2. The van der Waals surface area contributed by atoms with Gasteiger partial charge in [-0.2, -0.15) is 0 Å². The molecule has 1 aliphatic heterocycles. The van der Waals surface area contributed by atoms with Crippen molar-refractivity contribution in [3.63, 3.8) is 0 Å². The van der Waals surface area contributed by atoms with Gasteiger partial charge < -0.3 is 15.8 Å². The van der Waals surface area contributed by atoms with Crippen LogP contribution in [0.25, 0.3) is 0 Å². The van der Waals surface area contributed by atoms with Crippen LogP contribution in [0.1, 0.15) is 64.4 Å². The maximum absolute atomic E-state index is 6.16. The highest BCUT2D eigenvalue weighted by Gasteiger charge is 2.38. The fourth-order valence-electron chi connectivity index (χ4n) is 4.59. The summed E-state index contributed by atoms with van der Waals surface area (Å²) in [6.07, 6.45) is 8.83. The lowest BCUT2D eigenvalue weighted by atomic mass is 9.79. The van der Waals surface area contributed by atoms with E-state index in [1.165, 1.54) is 25.7 Å². The van der Waals surface area contributed by atoms with Gasteiger partial charge in [-0.3, -0.25) is 4.90 Å². The first-order valence-electron chi connectivity index (χ1n) is 10.6. The second kappa shape index (κ2) is 9.02. The average molecular weight is 394 g/mol. The van der Waals surface area contributed by atoms with Crippen LogP contribution in [-0.2, 0) is 4.74 Å². The van der Waals surface area contributed by atoms with Crippen molar-refractivity contribution in [1.82, 2.24) is 4.90 Å². The molecule has 2 fully saturated rings. The van der Waals surface area contributed by atoms with E-state index in [0.717, 1.165) is 60.9 Å². The van der Waals surface area contributed by atoms with Crippen LogP contribution in [0.15, 0.2) is 12.1 Å². The smallest absolute Gasteiger partial charge is 0.0579 e. The predicted octanol–water partition coefficient (Wildman–Crippen LogP) is 5.23. The first-order valence-corrected chi connectivity index (χ1v) is 11.0. The quantitative estimate of drug-likeness (QED) is 0.649. The van der Waals surface area contributed by atoms with Crippen molar-refractivity contribution in [2.45, 2.75) is 83.4 Å². The molecule has 1 aliphatic carbocycles. The third-order valence-corrected chi connectivity index (χ3v) is 6.92. The van der Waals surface area contributed by atoms with Crippen molar-refractivity contribution in [1.29, 1.82) is 0 Å². The number of anilines is 2. The molecule has 27 heavy (non-hydrogen) atoms. The lowest BCUT2D eigenvalue weighted by molar-refractivity contribution is -0.0277. The molecule has 1 saturated carbocycles. The zero-order chi connectivity index (χ0) is 19.4. The van der Waals surface area contributed by atoms with Gasteiger partial charge in [-0.25, -0.2) is 0 Å². The normalized spacial score (nSPS) is 27.6. The highest BCUT2D eigenvalue weighted by molar-refractivity contribution is 6.31. The summed E-state index contributed by atoms with van der Waals surface area (Å²) >= 11 is 6.16. The molecule has 1 saturated heterocycles. The Hall–Kier alpha value is -0.970. The van der Waals surface area contributed by atoms with Crippen molar-refractivity contribution in [3.05, 3.63) is 22.7 Å². The van der Waals surface area contributed by atoms with E-state index in [2.05, 4.69) is 30.1 Å². The van der Waals surface area contributed by atoms with Gasteiger partial charge in [0.15, 0.2) is 0 Å². The standard InChI is InChI=1S/C22H36ClN3O/c1-4-13-27-18-5-9-22(3,10-6-18)26-11-7-17(8-12-26)25-21-14-16(2)19(23)15-20(21)24/h14-15,17-18,25H,4-13,24H2,1-3H3. The average Bonchev–Trinajstić information content (AvgIpc) is 2.66. The van der Waals surface area contributed by atoms with Crippen LogP contribution < -0.4 is 11.1 Å². The topological polar surface area (TPSA) is 50.5 Å². The van der Waals surface area contributed by atoms with E-state index in [1.54, 1.807) is 0 Å². The van der Waals surface area contributed by atoms with Gasteiger partial charge in [-0.05, 0) is 76.5 Å². The number of aryl methyl sites for hydroxylation is 1. The number of nitrogen functional groups attached to an aromatic ring is 1. The van der Waals surface area contributed by atoms with E-state index < -0.39 is 0 Å². The first-order chi connectivity index (χ1) is 12.9. The molecule has 1 heterocycles. The third-order valence-electron chi connectivity index (χ3n) is 6.52. The maximum atomic E-state index is 6.16. The Morgan fingerprint density at radius 2 is 1.89 bits per heavy atom. The lowest BCUT2D eigenvalue weighted by Gasteiger charge is -2.48. The van der Waals surface area contributed by atoms with Gasteiger partial charge in [-0.1, -0.05) is 18.5 Å². The molecule has 0 atom stereocenters. The molecule has 0 amide bonds. The van der Waals surface area contributed by atoms with Gasteiger partial charge in [0.25, 0.3) is 0 Å². The van der Waals surface area contributed by atoms with Crippen molar-refractivity contribution in [2.24, 2.45) is 0 Å². The summed E-state index contributed by atoms with van der Waals surface area (Å²) in [5.74, 6) is 0. The number of likely N-dealkylation sites (tertiary alicyclic amines) is 1. The summed E-state index contributed by atoms with van der Waals surface area (Å²) in [4.78, 5) is 2.72. The molecule has 0 radical (unpaired) electrons. The monoisotopic (exact) mass is 393 g/mol. The number of nitrogens with two attached hydrogens (primary N) is 1. The number of ether oxygens (including phenoxy) is 1. The summed E-state index contributed by atoms with van der Waals surface area (Å²) in [6.45, 7) is 9.88. The molecule has 0 spiro atoms. The van der Waals surface area contributed by atoms with Gasteiger partial charge in [0.1, 0.15) is 0 Å². The number of benzene rings is 1. The summed E-state index contributed by atoms with van der Waals surface area (Å²) in [5.41, 5.74) is 9.33. The lowest BCUT2D eigenvalue weighted by Crippen LogP contribution is -2.53. The van der Waals surface area contributed by atoms with Gasteiger partial charge in [0.2, 0.25) is 0 Å². The van der Waals surface area contributed by atoms with E-state index in [4.69, 9.17) is 22.1 Å². The minimum Gasteiger partial charge on any atom is -0.397 e. The van der Waals surface area contributed by atoms with Crippen LogP contribution in [0.4, 0.5) is 11.4 Å². The fraction of sp³-hybridized carbons (Fsp3) is 0.727. The SMILES string of the molecule is CCCOC1CCC(C)(N2CCC(Nc3cc(C)c(Cl)cc3N)CC2)CC1. The van der Waals surface area contributed by atoms with Crippen molar-refractivity contribution in [2.75, 3.05) is 30.7 Å². The van der Waals surface area contributed by atoms with E-state index in [0.29, 0.717) is 17.7 Å². The Morgan fingerprint density at radius 3 is 2.52 bits per heavy atom. The molecule has 0 unspecified atom stereocenters. The molecule has 4 nitrogen and oxygen atoms in total. The van der Waals surface area contributed by atoms with Crippen LogP contribution >= 0.6 is 11.6 Å². The van der Waals surface area contributed by atoms with Gasteiger partial charge >= 0.3 is 0 Å². The molecular formula is C22H36ClN3O. The zero-order valence-corrected chi connectivity index (χ0v) is 17.9. The molecule has 5 heteroatoms. The highest BCUT2D eigenvalue weighted by atomic mass is 35.5. The minimum atomic E-state index is 0.340. The Labute approximate surface area is 169 Å². The molecule has 0 bridgehead atoms. The van der Waals surface area contributed by atoms with Crippen molar-refractivity contribution in [3.8, 4) is 0 Å². The number of piperidine rings is 1. The number of nitrogens with zero attached hydrogens (tertiary/aromatic N) is 1. The van der Waals surface area contributed by atoms with E-state index in [9.17, 15) is 0 Å². The van der Waals surface area contributed by atoms with E-state index >= 15 is 0 Å². The number of rotatable bonds is 6. The number of halogens is 1. The second-order valence-corrected chi connectivity index (χ2v) is 9.07.